The molecule has 27 heavy (non-hydrogen) atoms. The highest BCUT2D eigenvalue weighted by molar-refractivity contribution is 7.22. The second-order valence-corrected chi connectivity index (χ2v) is 7.13. The van der Waals surface area contributed by atoms with Gasteiger partial charge >= 0.3 is 12.1 Å². The van der Waals surface area contributed by atoms with Crippen LogP contribution in [0.2, 0.25) is 0 Å². The van der Waals surface area contributed by atoms with Crippen molar-refractivity contribution in [2.45, 2.75) is 12.3 Å². The van der Waals surface area contributed by atoms with Crippen molar-refractivity contribution in [3.05, 3.63) is 59.4 Å². The van der Waals surface area contributed by atoms with Crippen LogP contribution in [0.4, 0.5) is 22.7 Å². The predicted octanol–water partition coefficient (Wildman–Crippen LogP) is 4.50. The summed E-state index contributed by atoms with van der Waals surface area (Å²) in [6, 6.07) is 8.47. The molecule has 0 unspecified atom stereocenters. The van der Waals surface area contributed by atoms with Crippen molar-refractivity contribution in [2.75, 3.05) is 18.0 Å². The molecule has 0 atom stereocenters. The third-order valence-electron chi connectivity index (χ3n) is 4.16. The number of carbonyl (C=O) groups is 1. The van der Waals surface area contributed by atoms with E-state index in [9.17, 15) is 22.4 Å². The maximum atomic E-state index is 13.2. The number of hydrogen-bond acceptors (Lipinski definition) is 5. The van der Waals surface area contributed by atoms with Crippen molar-refractivity contribution in [1.29, 1.82) is 0 Å². The molecule has 1 aromatic heterocycles. The zero-order valence-corrected chi connectivity index (χ0v) is 14.5. The van der Waals surface area contributed by atoms with Crippen molar-refractivity contribution in [3.63, 3.8) is 0 Å². The van der Waals surface area contributed by atoms with E-state index in [1.165, 1.54) is 35.6 Å². The molecule has 1 fully saturated rings. The first-order chi connectivity index (χ1) is 12.8. The van der Waals surface area contributed by atoms with Crippen LogP contribution in [-0.2, 0) is 10.9 Å². The van der Waals surface area contributed by atoms with Gasteiger partial charge in [0.1, 0.15) is 11.9 Å². The zero-order valence-electron chi connectivity index (χ0n) is 13.7. The summed E-state index contributed by atoms with van der Waals surface area (Å²) >= 11 is 1.33. The van der Waals surface area contributed by atoms with Gasteiger partial charge < -0.3 is 9.64 Å². The van der Waals surface area contributed by atoms with Crippen LogP contribution >= 0.6 is 11.3 Å². The van der Waals surface area contributed by atoms with Gasteiger partial charge in [-0.25, -0.2) is 14.2 Å². The maximum Gasteiger partial charge on any atom is 0.416 e. The van der Waals surface area contributed by atoms with Gasteiger partial charge in [0.25, 0.3) is 0 Å². The molecular weight excluding hydrogens is 384 g/mol. The van der Waals surface area contributed by atoms with Crippen LogP contribution in [0.1, 0.15) is 15.9 Å². The van der Waals surface area contributed by atoms with E-state index in [0.29, 0.717) is 23.7 Å². The lowest BCUT2D eigenvalue weighted by atomic mass is 10.1. The van der Waals surface area contributed by atoms with Crippen molar-refractivity contribution >= 4 is 32.7 Å². The van der Waals surface area contributed by atoms with Crippen LogP contribution in [-0.4, -0.2) is 30.1 Å². The Balaban J connectivity index is 1.39. The first-order valence-corrected chi connectivity index (χ1v) is 8.80. The molecule has 0 amide bonds. The van der Waals surface area contributed by atoms with Crippen LogP contribution in [0, 0.1) is 5.82 Å². The normalized spacial score (nSPS) is 15.0. The van der Waals surface area contributed by atoms with Crippen LogP contribution in [0.15, 0.2) is 42.5 Å². The average Bonchev–Trinajstić information content (AvgIpc) is 2.99. The topological polar surface area (TPSA) is 42.4 Å². The first kappa shape index (κ1) is 17.7. The van der Waals surface area contributed by atoms with E-state index in [4.69, 9.17) is 4.74 Å². The Labute approximate surface area is 155 Å². The molecule has 0 bridgehead atoms. The number of nitrogens with zero attached hydrogens (tertiary/aromatic N) is 2. The minimum atomic E-state index is -4.52. The number of carbonyl (C=O) groups excluding carboxylic acids is 1. The lowest BCUT2D eigenvalue weighted by Gasteiger charge is -2.38. The lowest BCUT2D eigenvalue weighted by molar-refractivity contribution is -0.137. The Morgan fingerprint density at radius 1 is 1.19 bits per heavy atom. The third-order valence-corrected chi connectivity index (χ3v) is 5.24. The van der Waals surface area contributed by atoms with Crippen molar-refractivity contribution < 1.29 is 27.1 Å². The second kappa shape index (κ2) is 6.49. The monoisotopic (exact) mass is 396 g/mol. The minimum Gasteiger partial charge on any atom is -0.455 e. The molecule has 2 aromatic carbocycles. The zero-order chi connectivity index (χ0) is 19.2. The fourth-order valence-corrected chi connectivity index (χ4v) is 3.74. The number of thiazole rings is 1. The molecule has 2 heterocycles. The molecule has 3 aromatic rings. The molecular formula is C18H12F4N2O2S. The third kappa shape index (κ3) is 3.59. The number of esters is 1. The minimum absolute atomic E-state index is 0.140. The molecule has 0 radical (unpaired) electrons. The summed E-state index contributed by atoms with van der Waals surface area (Å²) in [4.78, 5) is 18.4. The summed E-state index contributed by atoms with van der Waals surface area (Å²) in [6.45, 7) is 0.764. The summed E-state index contributed by atoms with van der Waals surface area (Å²) in [7, 11) is 0. The fourth-order valence-electron chi connectivity index (χ4n) is 2.73. The standard InChI is InChI=1S/C18H12F4N2O2S/c19-12-4-5-14-15(7-12)27-17(23-14)24-8-13(9-24)26-16(25)10-2-1-3-11(6-10)18(20,21)22/h1-7,13H,8-9H2. The van der Waals surface area contributed by atoms with E-state index in [0.717, 1.165) is 16.8 Å². The van der Waals surface area contributed by atoms with Gasteiger partial charge in [0.2, 0.25) is 0 Å². The number of aromatic nitrogens is 1. The second-order valence-electron chi connectivity index (χ2n) is 6.12. The van der Waals surface area contributed by atoms with Gasteiger partial charge in [0.05, 0.1) is 34.4 Å². The molecule has 1 aliphatic heterocycles. The highest BCUT2D eigenvalue weighted by Gasteiger charge is 2.34. The van der Waals surface area contributed by atoms with E-state index < -0.39 is 23.8 Å². The molecule has 9 heteroatoms. The highest BCUT2D eigenvalue weighted by atomic mass is 32.1. The SMILES string of the molecule is O=C(OC1CN(c2nc3ccc(F)cc3s2)C1)c1cccc(C(F)(F)F)c1. The van der Waals surface area contributed by atoms with E-state index in [2.05, 4.69) is 4.98 Å². The lowest BCUT2D eigenvalue weighted by Crippen LogP contribution is -2.53. The number of hydrogen-bond donors (Lipinski definition) is 0. The summed E-state index contributed by atoms with van der Waals surface area (Å²) in [6.07, 6.45) is -4.95. The number of rotatable bonds is 3. The number of halogens is 4. The quantitative estimate of drug-likeness (QED) is 0.483. The molecule has 140 valence electrons. The Morgan fingerprint density at radius 3 is 2.70 bits per heavy atom. The first-order valence-electron chi connectivity index (χ1n) is 7.99. The molecule has 0 spiro atoms. The van der Waals surface area contributed by atoms with Crippen molar-refractivity contribution in [1.82, 2.24) is 4.98 Å². The van der Waals surface area contributed by atoms with Crippen LogP contribution in [0.3, 0.4) is 0 Å². The smallest absolute Gasteiger partial charge is 0.416 e. The Kier molecular flexibility index (Phi) is 4.26. The predicted molar refractivity (Wildman–Crippen MR) is 92.4 cm³/mol. The van der Waals surface area contributed by atoms with E-state index >= 15 is 0 Å². The molecule has 0 aliphatic carbocycles. The van der Waals surface area contributed by atoms with Gasteiger partial charge in [-0.2, -0.15) is 13.2 Å². The number of fused-ring (bicyclic) bond motifs is 1. The Bertz CT molecular complexity index is 1010. The summed E-state index contributed by atoms with van der Waals surface area (Å²) in [5.74, 6) is -1.13. The molecule has 1 saturated heterocycles. The van der Waals surface area contributed by atoms with Crippen LogP contribution < -0.4 is 4.90 Å². The van der Waals surface area contributed by atoms with Crippen LogP contribution in [0.25, 0.3) is 10.2 Å². The summed E-state index contributed by atoms with van der Waals surface area (Å²) < 4.78 is 57.4. The average molecular weight is 396 g/mol. The fraction of sp³-hybridized carbons (Fsp3) is 0.222. The highest BCUT2D eigenvalue weighted by Crippen LogP contribution is 2.33. The van der Waals surface area contributed by atoms with Crippen molar-refractivity contribution in [3.8, 4) is 0 Å². The summed E-state index contributed by atoms with van der Waals surface area (Å²) in [5, 5.41) is 0.682. The van der Waals surface area contributed by atoms with Crippen molar-refractivity contribution in [2.24, 2.45) is 0 Å². The maximum absolute atomic E-state index is 13.2. The van der Waals surface area contributed by atoms with E-state index in [-0.39, 0.29) is 11.4 Å². The van der Waals surface area contributed by atoms with Gasteiger partial charge in [-0.1, -0.05) is 17.4 Å². The van der Waals surface area contributed by atoms with Gasteiger partial charge in [-0.05, 0) is 36.4 Å². The summed E-state index contributed by atoms with van der Waals surface area (Å²) in [5.41, 5.74) is -0.353. The van der Waals surface area contributed by atoms with Gasteiger partial charge in [-0.15, -0.1) is 0 Å². The largest absolute Gasteiger partial charge is 0.455 e. The number of benzene rings is 2. The number of anilines is 1. The van der Waals surface area contributed by atoms with Gasteiger partial charge in [0, 0.05) is 0 Å². The van der Waals surface area contributed by atoms with E-state index in [1.807, 2.05) is 4.90 Å². The van der Waals surface area contributed by atoms with Gasteiger partial charge in [0.15, 0.2) is 5.13 Å². The molecule has 4 nitrogen and oxygen atoms in total. The number of ether oxygens (including phenoxy) is 1. The number of alkyl halides is 3. The van der Waals surface area contributed by atoms with E-state index in [1.54, 1.807) is 6.07 Å². The molecule has 4 rings (SSSR count). The molecule has 1 aliphatic rings. The van der Waals surface area contributed by atoms with Crippen LogP contribution in [0.5, 0.6) is 0 Å². The van der Waals surface area contributed by atoms with Gasteiger partial charge in [-0.3, -0.25) is 0 Å². The Morgan fingerprint density at radius 2 is 1.96 bits per heavy atom. The Hall–Kier alpha value is -2.68. The molecule has 0 saturated carbocycles. The molecule has 0 N–H and O–H groups in total.